The van der Waals surface area contributed by atoms with E-state index in [1.807, 2.05) is 0 Å². The van der Waals surface area contributed by atoms with E-state index in [1.165, 1.54) is 62.9 Å². The Labute approximate surface area is 129 Å². The Balaban J connectivity index is 1.98. The third kappa shape index (κ3) is 3.03. The van der Waals surface area contributed by atoms with Crippen LogP contribution in [0.25, 0.3) is 0 Å². The zero-order chi connectivity index (χ0) is 14.7. The van der Waals surface area contributed by atoms with Crippen molar-refractivity contribution >= 4 is 0 Å². The maximum atomic E-state index is 5.13. The molecule has 0 radical (unpaired) electrons. The molecule has 1 atom stereocenters. The Morgan fingerprint density at radius 2 is 2.05 bits per heavy atom. The lowest BCUT2D eigenvalue weighted by molar-refractivity contribution is 0.370. The number of rotatable bonds is 5. The van der Waals surface area contributed by atoms with Crippen molar-refractivity contribution in [2.45, 2.75) is 90.1 Å². The number of nitrogens with one attached hydrogen (secondary N) is 1. The van der Waals surface area contributed by atoms with Crippen molar-refractivity contribution in [1.29, 1.82) is 0 Å². The van der Waals surface area contributed by atoms with Gasteiger partial charge >= 0.3 is 0 Å². The van der Waals surface area contributed by atoms with Gasteiger partial charge < -0.3 is 9.88 Å². The van der Waals surface area contributed by atoms with Crippen LogP contribution in [-0.4, -0.2) is 16.1 Å². The van der Waals surface area contributed by atoms with E-state index in [0.717, 1.165) is 25.4 Å². The van der Waals surface area contributed by atoms with Crippen LogP contribution in [0.15, 0.2) is 0 Å². The summed E-state index contributed by atoms with van der Waals surface area (Å²) in [5.41, 5.74) is 2.89. The van der Waals surface area contributed by atoms with Crippen molar-refractivity contribution < 1.29 is 0 Å². The number of imidazole rings is 1. The first-order valence-corrected chi connectivity index (χ1v) is 9.15. The molecular weight excluding hydrogens is 258 g/mol. The normalized spacial score (nSPS) is 21.2. The zero-order valence-electron chi connectivity index (χ0n) is 13.8. The Bertz CT molecular complexity index is 457. The summed E-state index contributed by atoms with van der Waals surface area (Å²) >= 11 is 0. The lowest BCUT2D eigenvalue weighted by Crippen LogP contribution is -2.26. The van der Waals surface area contributed by atoms with Crippen molar-refractivity contribution in [3.8, 4) is 0 Å². The summed E-state index contributed by atoms with van der Waals surface area (Å²) in [5.74, 6) is 2.15. The lowest BCUT2D eigenvalue weighted by Gasteiger charge is -2.28. The minimum absolute atomic E-state index is 0.668. The van der Waals surface area contributed by atoms with Crippen LogP contribution in [0.4, 0.5) is 0 Å². The molecule has 1 saturated carbocycles. The molecule has 1 fully saturated rings. The lowest BCUT2D eigenvalue weighted by atomic mass is 9.88. The highest BCUT2D eigenvalue weighted by Crippen LogP contribution is 2.36. The van der Waals surface area contributed by atoms with Crippen LogP contribution >= 0.6 is 0 Å². The van der Waals surface area contributed by atoms with Crippen molar-refractivity contribution in [3.05, 3.63) is 17.2 Å². The van der Waals surface area contributed by atoms with Gasteiger partial charge in [0.1, 0.15) is 5.82 Å². The summed E-state index contributed by atoms with van der Waals surface area (Å²) in [6.07, 6.45) is 11.9. The quantitative estimate of drug-likeness (QED) is 0.874. The molecule has 2 aliphatic rings. The predicted octanol–water partition coefficient (Wildman–Crippen LogP) is 4.33. The summed E-state index contributed by atoms with van der Waals surface area (Å²) < 4.78 is 2.69. The average Bonchev–Trinajstić information content (AvgIpc) is 2.93. The van der Waals surface area contributed by atoms with Crippen LogP contribution in [-0.2, 0) is 13.0 Å². The first-order chi connectivity index (χ1) is 10.3. The van der Waals surface area contributed by atoms with E-state index in [2.05, 4.69) is 23.7 Å². The number of aromatic nitrogens is 2. The second kappa shape index (κ2) is 6.95. The first kappa shape index (κ1) is 15.1. The standard InChI is InChI=1S/C18H31N3/c1-3-8-15(4-2)21-17-11-12-19-13-16(17)20-18(21)14-9-6-5-7-10-14/h14-15,19H,3-13H2,1-2H3. The van der Waals surface area contributed by atoms with E-state index >= 15 is 0 Å². The molecule has 3 rings (SSSR count). The van der Waals surface area contributed by atoms with Gasteiger partial charge in [0, 0.05) is 37.2 Å². The van der Waals surface area contributed by atoms with E-state index in [9.17, 15) is 0 Å². The van der Waals surface area contributed by atoms with Gasteiger partial charge in [0.2, 0.25) is 0 Å². The number of hydrogen-bond donors (Lipinski definition) is 1. The Morgan fingerprint density at radius 1 is 1.24 bits per heavy atom. The summed E-state index contributed by atoms with van der Waals surface area (Å²) in [7, 11) is 0. The molecular formula is C18H31N3. The number of hydrogen-bond acceptors (Lipinski definition) is 2. The second-order valence-corrected chi connectivity index (χ2v) is 6.85. The molecule has 0 amide bonds. The Kier molecular flexibility index (Phi) is 4.99. The van der Waals surface area contributed by atoms with Gasteiger partial charge in [-0.2, -0.15) is 0 Å². The minimum atomic E-state index is 0.668. The number of fused-ring (bicyclic) bond motifs is 1. The highest BCUT2D eigenvalue weighted by atomic mass is 15.1. The Hall–Kier alpha value is -0.830. The highest BCUT2D eigenvalue weighted by molar-refractivity contribution is 5.23. The molecule has 3 heteroatoms. The topological polar surface area (TPSA) is 29.9 Å². The molecule has 2 heterocycles. The molecule has 0 aromatic carbocycles. The molecule has 1 unspecified atom stereocenters. The van der Waals surface area contributed by atoms with E-state index in [0.29, 0.717) is 6.04 Å². The van der Waals surface area contributed by atoms with E-state index in [-0.39, 0.29) is 0 Å². The molecule has 1 aliphatic heterocycles. The van der Waals surface area contributed by atoms with Gasteiger partial charge in [-0.15, -0.1) is 0 Å². The second-order valence-electron chi connectivity index (χ2n) is 6.85. The fourth-order valence-electron chi connectivity index (χ4n) is 4.26. The molecule has 1 aliphatic carbocycles. The zero-order valence-corrected chi connectivity index (χ0v) is 13.8. The summed E-state index contributed by atoms with van der Waals surface area (Å²) in [6.45, 7) is 6.75. The smallest absolute Gasteiger partial charge is 0.112 e. The van der Waals surface area contributed by atoms with E-state index in [1.54, 1.807) is 5.69 Å². The summed E-state index contributed by atoms with van der Waals surface area (Å²) in [4.78, 5) is 5.13. The molecule has 118 valence electrons. The maximum Gasteiger partial charge on any atom is 0.112 e. The molecule has 0 spiro atoms. The summed E-state index contributed by atoms with van der Waals surface area (Å²) in [6, 6.07) is 0.668. The first-order valence-electron chi connectivity index (χ1n) is 9.15. The van der Waals surface area contributed by atoms with Crippen LogP contribution < -0.4 is 5.32 Å². The van der Waals surface area contributed by atoms with Crippen molar-refractivity contribution in [2.24, 2.45) is 0 Å². The van der Waals surface area contributed by atoms with E-state index < -0.39 is 0 Å². The van der Waals surface area contributed by atoms with Gasteiger partial charge in [0.25, 0.3) is 0 Å². The molecule has 21 heavy (non-hydrogen) atoms. The van der Waals surface area contributed by atoms with Crippen LogP contribution in [0.2, 0.25) is 0 Å². The molecule has 0 bridgehead atoms. The highest BCUT2D eigenvalue weighted by Gasteiger charge is 2.28. The molecule has 1 aromatic rings. The fourth-order valence-corrected chi connectivity index (χ4v) is 4.26. The fraction of sp³-hybridized carbons (Fsp3) is 0.833. The van der Waals surface area contributed by atoms with Crippen LogP contribution in [0.5, 0.6) is 0 Å². The molecule has 0 saturated heterocycles. The van der Waals surface area contributed by atoms with Crippen LogP contribution in [0.1, 0.15) is 94.4 Å². The van der Waals surface area contributed by atoms with Gasteiger partial charge in [-0.25, -0.2) is 4.98 Å². The van der Waals surface area contributed by atoms with Crippen molar-refractivity contribution in [1.82, 2.24) is 14.9 Å². The predicted molar refractivity (Wildman–Crippen MR) is 87.7 cm³/mol. The largest absolute Gasteiger partial charge is 0.328 e. The minimum Gasteiger partial charge on any atom is -0.328 e. The van der Waals surface area contributed by atoms with E-state index in [4.69, 9.17) is 4.98 Å². The number of nitrogens with zero attached hydrogens (tertiary/aromatic N) is 2. The SMILES string of the molecule is CCCC(CC)n1c(C2CCCCC2)nc2c1CCNC2. The maximum absolute atomic E-state index is 5.13. The van der Waals surface area contributed by atoms with Crippen molar-refractivity contribution in [2.75, 3.05) is 6.54 Å². The molecule has 3 nitrogen and oxygen atoms in total. The average molecular weight is 289 g/mol. The summed E-state index contributed by atoms with van der Waals surface area (Å²) in [5, 5.41) is 3.50. The monoisotopic (exact) mass is 289 g/mol. The van der Waals surface area contributed by atoms with Crippen LogP contribution in [0, 0.1) is 0 Å². The molecule has 1 N–H and O–H groups in total. The van der Waals surface area contributed by atoms with Crippen molar-refractivity contribution in [3.63, 3.8) is 0 Å². The third-order valence-electron chi connectivity index (χ3n) is 5.38. The van der Waals surface area contributed by atoms with Gasteiger partial charge in [-0.3, -0.25) is 0 Å². The van der Waals surface area contributed by atoms with Gasteiger partial charge in [-0.05, 0) is 25.7 Å². The van der Waals surface area contributed by atoms with Crippen LogP contribution in [0.3, 0.4) is 0 Å². The third-order valence-corrected chi connectivity index (χ3v) is 5.38. The molecule has 1 aromatic heterocycles. The van der Waals surface area contributed by atoms with Gasteiger partial charge in [-0.1, -0.05) is 39.5 Å². The Morgan fingerprint density at radius 3 is 2.76 bits per heavy atom. The van der Waals surface area contributed by atoms with Gasteiger partial charge in [0.05, 0.1) is 5.69 Å². The van der Waals surface area contributed by atoms with Gasteiger partial charge in [0.15, 0.2) is 0 Å².